The molecule has 0 saturated heterocycles. The van der Waals surface area contributed by atoms with Gasteiger partial charge in [0.05, 0.1) is 24.3 Å². The molecule has 0 radical (unpaired) electrons. The molecule has 2 aliphatic carbocycles. The van der Waals surface area contributed by atoms with E-state index in [1.807, 2.05) is 12.2 Å². The molecule has 2 fully saturated rings. The Balaban J connectivity index is 1.92. The molecule has 2 rings (SSSR count). The predicted molar refractivity (Wildman–Crippen MR) is 104 cm³/mol. The third kappa shape index (κ3) is 6.04. The number of nitrogens with zero attached hydrogens (tertiary/aromatic N) is 1. The van der Waals surface area contributed by atoms with Crippen molar-refractivity contribution < 1.29 is 25.0 Å². The van der Waals surface area contributed by atoms with Crippen LogP contribution >= 0.6 is 0 Å². The molecule has 0 aliphatic heterocycles. The molecule has 0 heterocycles. The van der Waals surface area contributed by atoms with E-state index in [2.05, 4.69) is 25.9 Å². The maximum absolute atomic E-state index is 10.6. The van der Waals surface area contributed by atoms with E-state index in [-0.39, 0.29) is 30.5 Å². The number of carbonyl (C=O) groups is 1. The van der Waals surface area contributed by atoms with Crippen LogP contribution in [0.5, 0.6) is 0 Å². The number of carboxylic acids is 1. The third-order valence-electron chi connectivity index (χ3n) is 6.15. The first-order chi connectivity index (χ1) is 12.7. The van der Waals surface area contributed by atoms with E-state index in [4.69, 9.17) is 9.94 Å². The Labute approximate surface area is 162 Å². The van der Waals surface area contributed by atoms with Crippen molar-refractivity contribution in [3.05, 3.63) is 12.2 Å². The number of fused-ring (bicyclic) bond motifs is 1. The molecule has 3 N–H and O–H groups in total. The highest BCUT2D eigenvalue weighted by Gasteiger charge is 2.46. The summed E-state index contributed by atoms with van der Waals surface area (Å²) in [5, 5.41) is 33.7. The Hall–Kier alpha value is -1.40. The standard InChI is InChI=1S/C21H35NO5/c1-4-5-9-21(2,3)19(24)7-6-16-17-13-15(11-14(17)12-18(16)23)22-27-10-8-20(25)26/h6-7,14,16-19,23-24H,4-5,8-13H2,1-3H3,(H,25,26)/b7-6?,22-15-/t14-,16-,17+,18-,19?/m0/s1. The summed E-state index contributed by atoms with van der Waals surface area (Å²) in [5.74, 6) is -0.184. The molecule has 6 heteroatoms. The summed E-state index contributed by atoms with van der Waals surface area (Å²) in [4.78, 5) is 15.6. The number of unbranched alkanes of at least 4 members (excludes halogenated alkanes) is 1. The van der Waals surface area contributed by atoms with Gasteiger partial charge in [-0.15, -0.1) is 0 Å². The van der Waals surface area contributed by atoms with Gasteiger partial charge in [-0.2, -0.15) is 0 Å². The number of aliphatic hydroxyl groups is 2. The maximum atomic E-state index is 10.6. The number of rotatable bonds is 10. The van der Waals surface area contributed by atoms with Crippen LogP contribution in [0.2, 0.25) is 0 Å². The smallest absolute Gasteiger partial charge is 0.306 e. The van der Waals surface area contributed by atoms with Crippen molar-refractivity contribution in [2.75, 3.05) is 6.61 Å². The normalized spacial score (nSPS) is 30.8. The second-order valence-electron chi connectivity index (χ2n) is 8.77. The van der Waals surface area contributed by atoms with Gasteiger partial charge in [-0.05, 0) is 42.9 Å². The molecular weight excluding hydrogens is 346 g/mol. The minimum Gasteiger partial charge on any atom is -0.481 e. The Bertz CT molecular complexity index is 557. The van der Waals surface area contributed by atoms with Gasteiger partial charge in [-0.25, -0.2) is 0 Å². The van der Waals surface area contributed by atoms with Gasteiger partial charge in [0.15, 0.2) is 0 Å². The van der Waals surface area contributed by atoms with E-state index in [1.165, 1.54) is 0 Å². The zero-order valence-electron chi connectivity index (χ0n) is 16.8. The molecule has 2 aliphatic rings. The largest absolute Gasteiger partial charge is 0.481 e. The van der Waals surface area contributed by atoms with E-state index in [0.29, 0.717) is 11.8 Å². The van der Waals surface area contributed by atoms with Gasteiger partial charge < -0.3 is 20.2 Å². The van der Waals surface area contributed by atoms with Crippen LogP contribution in [0.25, 0.3) is 0 Å². The molecule has 154 valence electrons. The van der Waals surface area contributed by atoms with Crippen molar-refractivity contribution in [1.82, 2.24) is 0 Å². The molecule has 5 atom stereocenters. The van der Waals surface area contributed by atoms with E-state index < -0.39 is 12.1 Å². The fourth-order valence-electron chi connectivity index (χ4n) is 4.33. The summed E-state index contributed by atoms with van der Waals surface area (Å²) in [6.07, 6.45) is 8.38. The van der Waals surface area contributed by atoms with Crippen LogP contribution < -0.4 is 0 Å². The highest BCUT2D eigenvalue weighted by Crippen LogP contribution is 2.47. The summed E-state index contributed by atoms with van der Waals surface area (Å²) in [6, 6.07) is 0. The second-order valence-corrected chi connectivity index (χ2v) is 8.77. The maximum Gasteiger partial charge on any atom is 0.306 e. The molecule has 27 heavy (non-hydrogen) atoms. The number of hydrogen-bond acceptors (Lipinski definition) is 5. The number of aliphatic hydroxyl groups excluding tert-OH is 2. The SMILES string of the molecule is CCCCC(C)(C)C(O)C=C[C@H]1[C@@H]2C/C(=N\OCCC(=O)O)C[C@H]2C[C@@H]1O. The van der Waals surface area contributed by atoms with Gasteiger partial charge in [0.1, 0.15) is 6.61 Å². The summed E-state index contributed by atoms with van der Waals surface area (Å²) in [5.41, 5.74) is 0.778. The van der Waals surface area contributed by atoms with Crippen molar-refractivity contribution >= 4 is 11.7 Å². The van der Waals surface area contributed by atoms with Gasteiger partial charge in [-0.1, -0.05) is 50.9 Å². The first kappa shape index (κ1) is 21.9. The second kappa shape index (κ2) is 9.69. The molecule has 0 bridgehead atoms. The van der Waals surface area contributed by atoms with Crippen molar-refractivity contribution in [3.63, 3.8) is 0 Å². The van der Waals surface area contributed by atoms with Gasteiger partial charge in [0, 0.05) is 5.92 Å². The highest BCUT2D eigenvalue weighted by atomic mass is 16.6. The van der Waals surface area contributed by atoms with E-state index in [9.17, 15) is 15.0 Å². The molecule has 0 aromatic carbocycles. The van der Waals surface area contributed by atoms with Crippen LogP contribution in [-0.4, -0.2) is 45.8 Å². The molecule has 0 aromatic heterocycles. The van der Waals surface area contributed by atoms with Gasteiger partial charge in [0.2, 0.25) is 0 Å². The molecule has 2 saturated carbocycles. The first-order valence-electron chi connectivity index (χ1n) is 10.2. The molecule has 1 unspecified atom stereocenters. The minimum absolute atomic E-state index is 0.0262. The quantitative estimate of drug-likeness (QED) is 0.306. The van der Waals surface area contributed by atoms with Crippen molar-refractivity contribution in [2.45, 2.75) is 77.9 Å². The lowest BCUT2D eigenvalue weighted by molar-refractivity contribution is -0.138. The molecule has 6 nitrogen and oxygen atoms in total. The lowest BCUT2D eigenvalue weighted by Crippen LogP contribution is -2.28. The van der Waals surface area contributed by atoms with Crippen LogP contribution in [0, 0.1) is 23.2 Å². The third-order valence-corrected chi connectivity index (χ3v) is 6.15. The van der Waals surface area contributed by atoms with Crippen LogP contribution in [0.4, 0.5) is 0 Å². The van der Waals surface area contributed by atoms with Crippen molar-refractivity contribution in [1.29, 1.82) is 0 Å². The van der Waals surface area contributed by atoms with Gasteiger partial charge in [0.25, 0.3) is 0 Å². The number of carboxylic acid groups (broad SMARTS) is 1. The summed E-state index contributed by atoms with van der Waals surface area (Å²) < 4.78 is 0. The van der Waals surface area contributed by atoms with E-state index >= 15 is 0 Å². The number of aliphatic carboxylic acids is 1. The van der Waals surface area contributed by atoms with Crippen LogP contribution in [0.1, 0.15) is 65.7 Å². The fourth-order valence-corrected chi connectivity index (χ4v) is 4.33. The van der Waals surface area contributed by atoms with E-state index in [1.54, 1.807) is 0 Å². The van der Waals surface area contributed by atoms with Crippen LogP contribution in [0.3, 0.4) is 0 Å². The van der Waals surface area contributed by atoms with Crippen LogP contribution in [0.15, 0.2) is 17.3 Å². The minimum atomic E-state index is -0.896. The molecule has 0 aromatic rings. The van der Waals surface area contributed by atoms with Crippen molar-refractivity contribution in [3.8, 4) is 0 Å². The Morgan fingerprint density at radius 3 is 2.81 bits per heavy atom. The Morgan fingerprint density at radius 2 is 2.15 bits per heavy atom. The summed E-state index contributed by atoms with van der Waals surface area (Å²) >= 11 is 0. The monoisotopic (exact) mass is 381 g/mol. The summed E-state index contributed by atoms with van der Waals surface area (Å²) in [6.45, 7) is 6.40. The lowest BCUT2D eigenvalue weighted by atomic mass is 9.80. The average molecular weight is 382 g/mol. The molecule has 0 spiro atoms. The Morgan fingerprint density at radius 1 is 1.41 bits per heavy atom. The van der Waals surface area contributed by atoms with Crippen LogP contribution in [-0.2, 0) is 9.63 Å². The zero-order chi connectivity index (χ0) is 20.0. The summed E-state index contributed by atoms with van der Waals surface area (Å²) in [7, 11) is 0. The highest BCUT2D eigenvalue weighted by molar-refractivity contribution is 5.86. The lowest BCUT2D eigenvalue weighted by Gasteiger charge is -2.29. The predicted octanol–water partition coefficient (Wildman–Crippen LogP) is 3.37. The molecule has 0 amide bonds. The molecular formula is C21H35NO5. The Kier molecular flexibility index (Phi) is 7.86. The zero-order valence-corrected chi connectivity index (χ0v) is 16.8. The van der Waals surface area contributed by atoms with Gasteiger partial charge in [-0.3, -0.25) is 4.79 Å². The van der Waals surface area contributed by atoms with E-state index in [0.717, 1.165) is 44.2 Å². The fraction of sp³-hybridized carbons (Fsp3) is 0.810. The topological polar surface area (TPSA) is 99.4 Å². The number of hydrogen-bond donors (Lipinski definition) is 3. The first-order valence-corrected chi connectivity index (χ1v) is 10.2. The average Bonchev–Trinajstić information content (AvgIpc) is 3.11. The van der Waals surface area contributed by atoms with Gasteiger partial charge >= 0.3 is 5.97 Å². The van der Waals surface area contributed by atoms with Crippen molar-refractivity contribution in [2.24, 2.45) is 28.3 Å². The number of oxime groups is 1.